The molecule has 2 aromatic rings. The van der Waals surface area contributed by atoms with E-state index in [0.717, 1.165) is 17.5 Å². The molecule has 0 aliphatic rings. The first-order valence-corrected chi connectivity index (χ1v) is 4.88. The maximum Gasteiger partial charge on any atom is 0.150 e. The number of hydrogen-bond donors (Lipinski definition) is 0. The molecule has 0 amide bonds. The number of benzene rings is 1. The number of nitrogens with zero attached hydrogens (tertiary/aromatic N) is 2. The maximum atomic E-state index is 11.0. The first kappa shape index (κ1) is 10.4. The number of aromatic nitrogens is 2. The molecule has 82 valence electrons. The minimum Gasteiger partial charge on any atom is -0.497 e. The van der Waals surface area contributed by atoms with Gasteiger partial charge in [-0.15, -0.1) is 0 Å². The molecule has 0 aliphatic heterocycles. The Kier molecular flexibility index (Phi) is 2.72. The SMILES string of the molecule is COc1ccc(-c2ccn(C)n2)c(C=O)c1. The maximum absolute atomic E-state index is 11.0. The van der Waals surface area contributed by atoms with Gasteiger partial charge in [-0.05, 0) is 24.3 Å². The number of carbonyl (C=O) groups is 1. The molecular weight excluding hydrogens is 204 g/mol. The third kappa shape index (κ3) is 1.82. The summed E-state index contributed by atoms with van der Waals surface area (Å²) in [6.45, 7) is 0. The van der Waals surface area contributed by atoms with Crippen LogP contribution < -0.4 is 4.74 Å². The first-order valence-electron chi connectivity index (χ1n) is 4.88. The van der Waals surface area contributed by atoms with E-state index in [1.807, 2.05) is 31.4 Å². The van der Waals surface area contributed by atoms with Gasteiger partial charge in [0.05, 0.1) is 12.8 Å². The van der Waals surface area contributed by atoms with Crippen LogP contribution in [0, 0.1) is 0 Å². The van der Waals surface area contributed by atoms with E-state index in [1.165, 1.54) is 0 Å². The largest absolute Gasteiger partial charge is 0.497 e. The van der Waals surface area contributed by atoms with Crippen molar-refractivity contribution in [3.63, 3.8) is 0 Å². The average molecular weight is 216 g/mol. The van der Waals surface area contributed by atoms with Crippen molar-refractivity contribution in [2.75, 3.05) is 7.11 Å². The number of aldehydes is 1. The third-order valence-electron chi connectivity index (χ3n) is 2.38. The van der Waals surface area contributed by atoms with Crippen molar-refractivity contribution >= 4 is 6.29 Å². The monoisotopic (exact) mass is 216 g/mol. The van der Waals surface area contributed by atoms with Crippen molar-refractivity contribution < 1.29 is 9.53 Å². The Hall–Kier alpha value is -2.10. The lowest BCUT2D eigenvalue weighted by atomic mass is 10.1. The number of carbonyl (C=O) groups excluding carboxylic acids is 1. The number of methoxy groups -OCH3 is 1. The topological polar surface area (TPSA) is 44.1 Å². The van der Waals surface area contributed by atoms with Crippen molar-refractivity contribution in [1.82, 2.24) is 9.78 Å². The molecule has 1 aromatic heterocycles. The van der Waals surface area contributed by atoms with Gasteiger partial charge in [-0.25, -0.2) is 0 Å². The Morgan fingerprint density at radius 1 is 1.38 bits per heavy atom. The molecule has 16 heavy (non-hydrogen) atoms. The van der Waals surface area contributed by atoms with Crippen molar-refractivity contribution in [1.29, 1.82) is 0 Å². The standard InChI is InChI=1S/C12H12N2O2/c1-14-6-5-12(13-14)11-4-3-10(16-2)7-9(11)8-15/h3-8H,1-2H3. The van der Waals surface area contributed by atoms with Crippen LogP contribution in [0.3, 0.4) is 0 Å². The van der Waals surface area contributed by atoms with E-state index >= 15 is 0 Å². The van der Waals surface area contributed by atoms with Gasteiger partial charge in [0.1, 0.15) is 5.75 Å². The van der Waals surface area contributed by atoms with Gasteiger partial charge in [0.2, 0.25) is 0 Å². The van der Waals surface area contributed by atoms with E-state index in [9.17, 15) is 4.79 Å². The molecule has 0 N–H and O–H groups in total. The van der Waals surface area contributed by atoms with Gasteiger partial charge in [0.15, 0.2) is 6.29 Å². The zero-order chi connectivity index (χ0) is 11.5. The lowest BCUT2D eigenvalue weighted by Gasteiger charge is -2.04. The molecule has 2 rings (SSSR count). The summed E-state index contributed by atoms with van der Waals surface area (Å²) >= 11 is 0. The summed E-state index contributed by atoms with van der Waals surface area (Å²) < 4.78 is 6.77. The van der Waals surface area contributed by atoms with E-state index in [4.69, 9.17) is 4.74 Å². The predicted molar refractivity (Wildman–Crippen MR) is 60.6 cm³/mol. The van der Waals surface area contributed by atoms with Crippen LogP contribution in [-0.2, 0) is 7.05 Å². The average Bonchev–Trinajstić information content (AvgIpc) is 2.74. The summed E-state index contributed by atoms with van der Waals surface area (Å²) in [4.78, 5) is 11.0. The molecule has 4 nitrogen and oxygen atoms in total. The van der Waals surface area contributed by atoms with Crippen LogP contribution in [0.15, 0.2) is 30.5 Å². The van der Waals surface area contributed by atoms with Crippen LogP contribution >= 0.6 is 0 Å². The van der Waals surface area contributed by atoms with E-state index in [1.54, 1.807) is 17.9 Å². The molecule has 0 radical (unpaired) electrons. The van der Waals surface area contributed by atoms with Crippen LogP contribution in [0.4, 0.5) is 0 Å². The minimum atomic E-state index is 0.582. The molecule has 0 bridgehead atoms. The zero-order valence-corrected chi connectivity index (χ0v) is 9.18. The predicted octanol–water partition coefficient (Wildman–Crippen LogP) is 1.91. The fraction of sp³-hybridized carbons (Fsp3) is 0.167. The normalized spacial score (nSPS) is 10.1. The fourth-order valence-electron chi connectivity index (χ4n) is 1.56. The van der Waals surface area contributed by atoms with Gasteiger partial charge in [0.25, 0.3) is 0 Å². The third-order valence-corrected chi connectivity index (χ3v) is 2.38. The van der Waals surface area contributed by atoms with Crippen LogP contribution in [-0.4, -0.2) is 23.2 Å². The molecule has 0 saturated heterocycles. The zero-order valence-electron chi connectivity index (χ0n) is 9.18. The molecule has 0 spiro atoms. The quantitative estimate of drug-likeness (QED) is 0.736. The highest BCUT2D eigenvalue weighted by Gasteiger charge is 2.08. The Labute approximate surface area is 93.5 Å². The summed E-state index contributed by atoms with van der Waals surface area (Å²) in [6, 6.07) is 7.23. The van der Waals surface area contributed by atoms with E-state index in [-0.39, 0.29) is 0 Å². The number of rotatable bonds is 3. The van der Waals surface area contributed by atoms with Crippen LogP contribution in [0.2, 0.25) is 0 Å². The fourth-order valence-corrected chi connectivity index (χ4v) is 1.56. The molecule has 1 aromatic carbocycles. The molecule has 0 unspecified atom stereocenters. The second-order valence-corrected chi connectivity index (χ2v) is 3.45. The molecule has 0 fully saturated rings. The van der Waals surface area contributed by atoms with Crippen LogP contribution in [0.5, 0.6) is 5.75 Å². The van der Waals surface area contributed by atoms with Gasteiger partial charge in [-0.3, -0.25) is 9.48 Å². The molecule has 4 heteroatoms. The van der Waals surface area contributed by atoms with Crippen LogP contribution in [0.1, 0.15) is 10.4 Å². The van der Waals surface area contributed by atoms with E-state index < -0.39 is 0 Å². The summed E-state index contributed by atoms with van der Waals surface area (Å²) in [6.07, 6.45) is 2.65. The molecule has 0 atom stereocenters. The summed E-state index contributed by atoms with van der Waals surface area (Å²) in [5.41, 5.74) is 2.18. The lowest BCUT2D eigenvalue weighted by molar-refractivity contribution is 0.112. The summed E-state index contributed by atoms with van der Waals surface area (Å²) in [5.74, 6) is 0.668. The van der Waals surface area contributed by atoms with Gasteiger partial charge in [-0.2, -0.15) is 5.10 Å². The van der Waals surface area contributed by atoms with E-state index in [0.29, 0.717) is 11.3 Å². The minimum absolute atomic E-state index is 0.582. The first-order chi connectivity index (χ1) is 7.74. The number of ether oxygens (including phenoxy) is 1. The Bertz CT molecular complexity index is 517. The molecular formula is C12H12N2O2. The molecule has 1 heterocycles. The highest BCUT2D eigenvalue weighted by Crippen LogP contribution is 2.24. The molecule has 0 aliphatic carbocycles. The Morgan fingerprint density at radius 2 is 2.19 bits per heavy atom. The van der Waals surface area contributed by atoms with Gasteiger partial charge >= 0.3 is 0 Å². The highest BCUT2D eigenvalue weighted by atomic mass is 16.5. The number of aryl methyl sites for hydroxylation is 1. The highest BCUT2D eigenvalue weighted by molar-refractivity contribution is 5.87. The molecule has 0 saturated carbocycles. The van der Waals surface area contributed by atoms with E-state index in [2.05, 4.69) is 5.10 Å². The van der Waals surface area contributed by atoms with Crippen molar-refractivity contribution in [2.45, 2.75) is 0 Å². The second kappa shape index (κ2) is 4.18. The van der Waals surface area contributed by atoms with Gasteiger partial charge < -0.3 is 4.74 Å². The Balaban J connectivity index is 2.52. The number of hydrogen-bond acceptors (Lipinski definition) is 3. The smallest absolute Gasteiger partial charge is 0.150 e. The van der Waals surface area contributed by atoms with Crippen LogP contribution in [0.25, 0.3) is 11.3 Å². The lowest BCUT2D eigenvalue weighted by Crippen LogP contribution is -1.92. The Morgan fingerprint density at radius 3 is 2.75 bits per heavy atom. The van der Waals surface area contributed by atoms with Crippen molar-refractivity contribution in [3.8, 4) is 17.0 Å². The van der Waals surface area contributed by atoms with Gasteiger partial charge in [-0.1, -0.05) is 0 Å². The second-order valence-electron chi connectivity index (χ2n) is 3.45. The summed E-state index contributed by atoms with van der Waals surface area (Å²) in [7, 11) is 3.41. The van der Waals surface area contributed by atoms with Crippen molar-refractivity contribution in [2.24, 2.45) is 7.05 Å². The summed E-state index contributed by atoms with van der Waals surface area (Å²) in [5, 5.41) is 4.26. The van der Waals surface area contributed by atoms with Crippen molar-refractivity contribution in [3.05, 3.63) is 36.0 Å². The van der Waals surface area contributed by atoms with Gasteiger partial charge in [0, 0.05) is 24.4 Å².